The maximum atomic E-state index is 11.5. The van der Waals surface area contributed by atoms with Crippen molar-refractivity contribution in [2.45, 2.75) is 51.5 Å². The first kappa shape index (κ1) is 17.9. The molecule has 0 saturated heterocycles. The molecule has 1 rings (SSSR count). The third-order valence-electron chi connectivity index (χ3n) is 3.02. The van der Waals surface area contributed by atoms with Crippen molar-refractivity contribution in [3.05, 3.63) is 11.6 Å². The van der Waals surface area contributed by atoms with E-state index in [-0.39, 0.29) is 18.7 Å². The first-order chi connectivity index (χ1) is 10.5. The summed E-state index contributed by atoms with van der Waals surface area (Å²) in [5, 5.41) is 26.9. The molecule has 0 fully saturated rings. The highest BCUT2D eigenvalue weighted by Gasteiger charge is 2.12. The van der Waals surface area contributed by atoms with Crippen molar-refractivity contribution in [1.82, 2.24) is 25.7 Å². The Balaban J connectivity index is 2.02. The summed E-state index contributed by atoms with van der Waals surface area (Å²) in [6.45, 7) is 2.29. The van der Waals surface area contributed by atoms with E-state index in [1.54, 1.807) is 6.92 Å². The van der Waals surface area contributed by atoms with Crippen molar-refractivity contribution in [3.63, 3.8) is 0 Å². The largest absolute Gasteiger partial charge is 0.480 e. The number of hydrogen-bond donors (Lipinski definition) is 3. The zero-order chi connectivity index (χ0) is 16.4. The molecule has 1 amide bonds. The van der Waals surface area contributed by atoms with Crippen molar-refractivity contribution < 1.29 is 14.7 Å². The van der Waals surface area contributed by atoms with Gasteiger partial charge in [0.1, 0.15) is 6.04 Å². The van der Waals surface area contributed by atoms with Crippen LogP contribution in [0.1, 0.15) is 43.8 Å². The SMILES string of the molecule is Cc1nnc(CCCCCNC(=O)CC[C@H](N)C(=O)O)nn1. The Kier molecular flexibility index (Phi) is 7.90. The van der Waals surface area contributed by atoms with Crippen LogP contribution in [0.25, 0.3) is 0 Å². The smallest absolute Gasteiger partial charge is 0.320 e. The predicted octanol–water partition coefficient (Wildman–Crippen LogP) is -0.404. The molecule has 0 spiro atoms. The van der Waals surface area contributed by atoms with Gasteiger partial charge < -0.3 is 16.2 Å². The molecular formula is C13H22N6O3. The van der Waals surface area contributed by atoms with E-state index in [4.69, 9.17) is 10.8 Å². The van der Waals surface area contributed by atoms with Crippen LogP contribution in [0.15, 0.2) is 0 Å². The Morgan fingerprint density at radius 2 is 1.86 bits per heavy atom. The van der Waals surface area contributed by atoms with Crippen LogP contribution >= 0.6 is 0 Å². The van der Waals surface area contributed by atoms with Gasteiger partial charge in [0.25, 0.3) is 0 Å². The third kappa shape index (κ3) is 7.58. The molecular weight excluding hydrogens is 288 g/mol. The van der Waals surface area contributed by atoms with Gasteiger partial charge in [0, 0.05) is 19.4 Å². The molecule has 0 saturated carbocycles. The number of rotatable bonds is 10. The molecule has 0 aliphatic heterocycles. The first-order valence-corrected chi connectivity index (χ1v) is 7.27. The Hall–Kier alpha value is -2.16. The highest BCUT2D eigenvalue weighted by molar-refractivity contribution is 5.78. The summed E-state index contributed by atoms with van der Waals surface area (Å²) in [4.78, 5) is 22.0. The van der Waals surface area contributed by atoms with Gasteiger partial charge in [-0.05, 0) is 26.2 Å². The fourth-order valence-electron chi connectivity index (χ4n) is 1.71. The molecule has 1 heterocycles. The number of amides is 1. The van der Waals surface area contributed by atoms with E-state index in [1.165, 1.54) is 0 Å². The molecule has 9 heteroatoms. The number of aliphatic carboxylic acids is 1. The van der Waals surface area contributed by atoms with Crippen LogP contribution in [0.4, 0.5) is 0 Å². The van der Waals surface area contributed by atoms with Gasteiger partial charge in [0.05, 0.1) is 0 Å². The number of unbranched alkanes of at least 4 members (excludes halogenated alkanes) is 2. The third-order valence-corrected chi connectivity index (χ3v) is 3.02. The minimum atomic E-state index is -1.09. The van der Waals surface area contributed by atoms with Crippen molar-refractivity contribution in [1.29, 1.82) is 0 Å². The minimum absolute atomic E-state index is 0.127. The van der Waals surface area contributed by atoms with Crippen molar-refractivity contribution >= 4 is 11.9 Å². The number of nitrogens with one attached hydrogen (secondary N) is 1. The topological polar surface area (TPSA) is 144 Å². The highest BCUT2D eigenvalue weighted by atomic mass is 16.4. The van der Waals surface area contributed by atoms with E-state index >= 15 is 0 Å². The number of nitrogens with zero attached hydrogens (tertiary/aromatic N) is 4. The zero-order valence-corrected chi connectivity index (χ0v) is 12.7. The van der Waals surface area contributed by atoms with E-state index in [0.717, 1.165) is 19.3 Å². The summed E-state index contributed by atoms with van der Waals surface area (Å²) in [5.74, 6) is -0.0894. The van der Waals surface area contributed by atoms with Gasteiger partial charge in [-0.3, -0.25) is 9.59 Å². The summed E-state index contributed by atoms with van der Waals surface area (Å²) < 4.78 is 0. The van der Waals surface area contributed by atoms with E-state index in [9.17, 15) is 9.59 Å². The molecule has 1 aromatic rings. The van der Waals surface area contributed by atoms with Gasteiger partial charge in [0.2, 0.25) is 5.91 Å². The van der Waals surface area contributed by atoms with Crippen molar-refractivity contribution in [2.24, 2.45) is 5.73 Å². The number of carboxylic acid groups (broad SMARTS) is 1. The molecule has 0 aromatic carbocycles. The quantitative estimate of drug-likeness (QED) is 0.495. The van der Waals surface area contributed by atoms with Crippen molar-refractivity contribution in [2.75, 3.05) is 6.54 Å². The lowest BCUT2D eigenvalue weighted by Crippen LogP contribution is -2.32. The minimum Gasteiger partial charge on any atom is -0.480 e. The molecule has 0 radical (unpaired) electrons. The molecule has 4 N–H and O–H groups in total. The van der Waals surface area contributed by atoms with Gasteiger partial charge in [-0.15, -0.1) is 20.4 Å². The lowest BCUT2D eigenvalue weighted by molar-refractivity contribution is -0.138. The van der Waals surface area contributed by atoms with Crippen molar-refractivity contribution in [3.8, 4) is 0 Å². The second-order valence-corrected chi connectivity index (χ2v) is 5.01. The van der Waals surface area contributed by atoms with E-state index in [1.807, 2.05) is 0 Å². The number of aromatic nitrogens is 4. The molecule has 0 bridgehead atoms. The van der Waals surface area contributed by atoms with Crippen LogP contribution in [0.2, 0.25) is 0 Å². The summed E-state index contributed by atoms with van der Waals surface area (Å²) in [6.07, 6.45) is 3.64. The second kappa shape index (κ2) is 9.72. The standard InChI is InChI=1S/C13H22N6O3/c1-9-16-18-11(19-17-9)5-3-2-4-8-15-12(20)7-6-10(14)13(21)22/h10H,2-8,14H2,1H3,(H,15,20)(H,21,22)/t10-/m0/s1. The number of carbonyl (C=O) groups excluding carboxylic acids is 1. The summed E-state index contributed by atoms with van der Waals surface area (Å²) in [5.41, 5.74) is 5.32. The van der Waals surface area contributed by atoms with E-state index in [2.05, 4.69) is 25.7 Å². The fraction of sp³-hybridized carbons (Fsp3) is 0.692. The molecule has 0 aliphatic carbocycles. The number of carboxylic acids is 1. The fourth-order valence-corrected chi connectivity index (χ4v) is 1.71. The Morgan fingerprint density at radius 1 is 1.18 bits per heavy atom. The second-order valence-electron chi connectivity index (χ2n) is 5.01. The van der Waals surface area contributed by atoms with Crippen LogP contribution in [0, 0.1) is 6.92 Å². The summed E-state index contributed by atoms with van der Waals surface area (Å²) in [7, 11) is 0. The number of carbonyl (C=O) groups is 2. The van der Waals surface area contributed by atoms with E-state index in [0.29, 0.717) is 24.6 Å². The van der Waals surface area contributed by atoms with Crippen LogP contribution in [0.5, 0.6) is 0 Å². The molecule has 9 nitrogen and oxygen atoms in total. The number of nitrogens with two attached hydrogens (primary N) is 1. The van der Waals surface area contributed by atoms with Gasteiger partial charge in [-0.25, -0.2) is 0 Å². The van der Waals surface area contributed by atoms with Crippen LogP contribution in [-0.2, 0) is 16.0 Å². The lowest BCUT2D eigenvalue weighted by atomic mass is 10.1. The van der Waals surface area contributed by atoms with Gasteiger partial charge in [0.15, 0.2) is 11.6 Å². The Labute approximate surface area is 128 Å². The van der Waals surface area contributed by atoms with E-state index < -0.39 is 12.0 Å². The average Bonchev–Trinajstić information content (AvgIpc) is 2.49. The van der Waals surface area contributed by atoms with Gasteiger partial charge in [-0.1, -0.05) is 6.42 Å². The monoisotopic (exact) mass is 310 g/mol. The molecule has 22 heavy (non-hydrogen) atoms. The first-order valence-electron chi connectivity index (χ1n) is 7.27. The molecule has 1 atom stereocenters. The summed E-state index contributed by atoms with van der Waals surface area (Å²) >= 11 is 0. The highest BCUT2D eigenvalue weighted by Crippen LogP contribution is 2.00. The normalized spacial score (nSPS) is 11.9. The molecule has 0 unspecified atom stereocenters. The van der Waals surface area contributed by atoms with Crippen LogP contribution < -0.4 is 11.1 Å². The lowest BCUT2D eigenvalue weighted by Gasteiger charge is -2.07. The number of hydrogen-bond acceptors (Lipinski definition) is 7. The number of aryl methyl sites for hydroxylation is 2. The Morgan fingerprint density at radius 3 is 2.50 bits per heavy atom. The van der Waals surface area contributed by atoms with Crippen LogP contribution in [-0.4, -0.2) is 50.0 Å². The molecule has 122 valence electrons. The van der Waals surface area contributed by atoms with Gasteiger partial charge in [-0.2, -0.15) is 0 Å². The van der Waals surface area contributed by atoms with Crippen LogP contribution in [0.3, 0.4) is 0 Å². The Bertz CT molecular complexity index is 479. The molecule has 0 aliphatic rings. The predicted molar refractivity (Wildman–Crippen MR) is 77.8 cm³/mol. The maximum absolute atomic E-state index is 11.5. The molecule has 1 aromatic heterocycles. The van der Waals surface area contributed by atoms with Gasteiger partial charge >= 0.3 is 5.97 Å². The average molecular weight is 310 g/mol. The summed E-state index contributed by atoms with van der Waals surface area (Å²) in [6, 6.07) is -0.984. The zero-order valence-electron chi connectivity index (χ0n) is 12.7. The maximum Gasteiger partial charge on any atom is 0.320 e.